The summed E-state index contributed by atoms with van der Waals surface area (Å²) in [7, 11) is 0. The summed E-state index contributed by atoms with van der Waals surface area (Å²) in [5.74, 6) is 1.51. The van der Waals surface area contributed by atoms with Crippen molar-refractivity contribution in [1.82, 2.24) is 9.55 Å². The average Bonchev–Trinajstić information content (AvgIpc) is 3.34. The Morgan fingerprint density at radius 3 is 2.65 bits per heavy atom. The number of benzene rings is 4. The summed E-state index contributed by atoms with van der Waals surface area (Å²) in [6.45, 7) is -0.133. The third-order valence-corrected chi connectivity index (χ3v) is 6.60. The van der Waals surface area contributed by atoms with Crippen LogP contribution < -0.4 is 21.1 Å². The zero-order valence-electron chi connectivity index (χ0n) is 16.1. The molecule has 6 heteroatoms. The minimum absolute atomic E-state index is 0.133. The van der Waals surface area contributed by atoms with Gasteiger partial charge in [-0.1, -0.05) is 36.4 Å². The molecule has 0 radical (unpaired) electrons. The second kappa shape index (κ2) is 5.16. The molecule has 0 spiro atoms. The topological polar surface area (TPSA) is 40.2 Å². The number of imidazole rings is 1. The van der Waals surface area contributed by atoms with Gasteiger partial charge in [0.15, 0.2) is 0 Å². The second-order valence-corrected chi connectivity index (χ2v) is 8.11. The lowest BCUT2D eigenvalue weighted by molar-refractivity contribution is 0.485. The van der Waals surface area contributed by atoms with E-state index in [4.69, 9.17) is 9.15 Å². The van der Waals surface area contributed by atoms with E-state index < -0.39 is 6.08 Å². The number of rotatable bonds is 0. The number of fused-ring (bicyclic) bond motifs is 8. The van der Waals surface area contributed by atoms with Gasteiger partial charge in [0.1, 0.15) is 22.7 Å². The van der Waals surface area contributed by atoms with Crippen molar-refractivity contribution in [3.8, 4) is 17.2 Å². The van der Waals surface area contributed by atoms with Crippen molar-refractivity contribution >= 4 is 56.1 Å². The Kier molecular flexibility index (Phi) is 2.62. The van der Waals surface area contributed by atoms with Crippen LogP contribution in [0.3, 0.4) is 0 Å². The molecule has 0 aliphatic carbocycles. The van der Waals surface area contributed by atoms with Gasteiger partial charge in [-0.05, 0) is 47.3 Å². The molecule has 2 aromatic heterocycles. The fourth-order valence-electron chi connectivity index (χ4n) is 5.41. The van der Waals surface area contributed by atoms with Gasteiger partial charge in [-0.25, -0.2) is 4.98 Å². The van der Waals surface area contributed by atoms with Crippen LogP contribution >= 0.6 is 0 Å². The number of halogens is 1. The molecule has 0 atom stereocenters. The van der Waals surface area contributed by atoms with Gasteiger partial charge in [-0.3, -0.25) is 4.57 Å². The molecule has 144 valence electrons. The van der Waals surface area contributed by atoms with Crippen molar-refractivity contribution in [2.75, 3.05) is 0 Å². The van der Waals surface area contributed by atoms with Gasteiger partial charge in [0.2, 0.25) is 0 Å². The summed E-state index contributed by atoms with van der Waals surface area (Å²) >= 11 is 0. The highest BCUT2D eigenvalue weighted by atomic mass is 19.1. The Bertz CT molecular complexity index is 1750. The summed E-state index contributed by atoms with van der Waals surface area (Å²) in [6, 6.07) is 23.7. The molecular formula is C25H12BFN2O2. The Morgan fingerprint density at radius 1 is 0.806 bits per heavy atom. The van der Waals surface area contributed by atoms with Crippen LogP contribution in [-0.2, 0) is 0 Å². The maximum atomic E-state index is 15.0. The molecule has 4 nitrogen and oxygen atoms in total. The van der Waals surface area contributed by atoms with Crippen LogP contribution in [0.15, 0.2) is 77.2 Å². The van der Waals surface area contributed by atoms with Gasteiger partial charge >= 0.3 is 0 Å². The first-order valence-corrected chi connectivity index (χ1v) is 10.2. The number of hydrogen-bond donors (Lipinski definition) is 0. The smallest absolute Gasteiger partial charge is 0.294 e. The van der Waals surface area contributed by atoms with Crippen LogP contribution in [0.4, 0.5) is 4.39 Å². The van der Waals surface area contributed by atoms with E-state index in [1.165, 1.54) is 0 Å². The van der Waals surface area contributed by atoms with E-state index in [0.29, 0.717) is 5.52 Å². The van der Waals surface area contributed by atoms with Crippen molar-refractivity contribution in [1.29, 1.82) is 0 Å². The van der Waals surface area contributed by atoms with E-state index in [1.54, 1.807) is 4.57 Å². The Hall–Kier alpha value is -4.06. The largest absolute Gasteiger partial charge is 0.458 e. The van der Waals surface area contributed by atoms with Crippen molar-refractivity contribution in [3.63, 3.8) is 0 Å². The number of nitrogens with zero attached hydrogens (tertiary/aromatic N) is 2. The molecule has 2 aliphatic rings. The SMILES string of the molecule is Fc1nc2cccc3c2n1-c1cccc2c1B3c1c(ccc3c1oc1ccccc13)O2. The molecule has 4 heterocycles. The predicted octanol–water partition coefficient (Wildman–Crippen LogP) is 4.00. The summed E-state index contributed by atoms with van der Waals surface area (Å²) < 4.78 is 29.3. The van der Waals surface area contributed by atoms with Crippen molar-refractivity contribution < 1.29 is 13.5 Å². The van der Waals surface area contributed by atoms with Crippen LogP contribution in [-0.4, -0.2) is 16.3 Å². The van der Waals surface area contributed by atoms with Crippen LogP contribution in [0, 0.1) is 6.08 Å². The van der Waals surface area contributed by atoms with E-state index in [-0.39, 0.29) is 6.71 Å². The van der Waals surface area contributed by atoms with Gasteiger partial charge < -0.3 is 9.15 Å². The summed E-state index contributed by atoms with van der Waals surface area (Å²) in [6.07, 6.45) is -0.512. The lowest BCUT2D eigenvalue weighted by atomic mass is 9.34. The first-order valence-electron chi connectivity index (χ1n) is 10.2. The Balaban J connectivity index is 1.59. The molecular weight excluding hydrogens is 390 g/mol. The van der Waals surface area contributed by atoms with Crippen molar-refractivity contribution in [3.05, 3.63) is 78.9 Å². The standard InChI is InChI=1S/C25H12BFN2O2/c27-25-28-16-7-3-6-15-23(16)29(25)17-8-4-10-19-21(17)26(15)22-20(30-19)12-11-14-13-5-1-2-9-18(13)31-24(14)22/h1-12H. The minimum Gasteiger partial charge on any atom is -0.458 e. The molecule has 0 saturated carbocycles. The van der Waals surface area contributed by atoms with E-state index >= 15 is 0 Å². The summed E-state index contributed by atoms with van der Waals surface area (Å²) in [5.41, 5.74) is 6.80. The Labute approximate surface area is 175 Å². The van der Waals surface area contributed by atoms with Gasteiger partial charge in [-0.2, -0.15) is 4.39 Å². The molecule has 0 saturated heterocycles. The van der Waals surface area contributed by atoms with Crippen LogP contribution in [0.2, 0.25) is 0 Å². The number of hydrogen-bond acceptors (Lipinski definition) is 3. The first-order chi connectivity index (χ1) is 15.3. The second-order valence-electron chi connectivity index (χ2n) is 8.11. The van der Waals surface area contributed by atoms with Gasteiger partial charge in [0, 0.05) is 21.9 Å². The highest BCUT2D eigenvalue weighted by molar-refractivity contribution is 7.00. The first kappa shape index (κ1) is 15.7. The zero-order chi connectivity index (χ0) is 20.3. The zero-order valence-corrected chi connectivity index (χ0v) is 16.1. The van der Waals surface area contributed by atoms with Gasteiger partial charge in [-0.15, -0.1) is 0 Å². The number of para-hydroxylation sites is 2. The minimum atomic E-state index is -0.512. The maximum absolute atomic E-state index is 15.0. The molecule has 0 unspecified atom stereocenters. The molecule has 0 N–H and O–H groups in total. The van der Waals surface area contributed by atoms with E-state index in [2.05, 4.69) is 23.2 Å². The molecule has 2 aliphatic heterocycles. The monoisotopic (exact) mass is 402 g/mol. The summed E-state index contributed by atoms with van der Waals surface area (Å²) in [5, 5.41) is 2.13. The average molecular weight is 402 g/mol. The van der Waals surface area contributed by atoms with E-state index in [0.717, 1.165) is 61.0 Å². The van der Waals surface area contributed by atoms with E-state index in [9.17, 15) is 4.39 Å². The fraction of sp³-hybridized carbons (Fsp3) is 0. The molecule has 0 amide bonds. The van der Waals surface area contributed by atoms with Crippen LogP contribution in [0.1, 0.15) is 0 Å². The molecule has 31 heavy (non-hydrogen) atoms. The molecule has 6 aromatic rings. The Morgan fingerprint density at radius 2 is 1.68 bits per heavy atom. The highest BCUT2D eigenvalue weighted by Crippen LogP contribution is 2.36. The fourth-order valence-corrected chi connectivity index (χ4v) is 5.41. The van der Waals surface area contributed by atoms with Crippen molar-refractivity contribution in [2.45, 2.75) is 0 Å². The molecule has 8 rings (SSSR count). The molecule has 4 aromatic carbocycles. The predicted molar refractivity (Wildman–Crippen MR) is 119 cm³/mol. The third-order valence-electron chi connectivity index (χ3n) is 6.60. The number of ether oxygens (including phenoxy) is 1. The lowest BCUT2D eigenvalue weighted by Gasteiger charge is -2.32. The third kappa shape index (κ3) is 1.76. The molecule has 0 bridgehead atoms. The van der Waals surface area contributed by atoms with Crippen LogP contribution in [0.5, 0.6) is 11.5 Å². The van der Waals surface area contributed by atoms with Gasteiger partial charge in [0.05, 0.1) is 11.0 Å². The normalized spacial score (nSPS) is 13.5. The van der Waals surface area contributed by atoms with Crippen molar-refractivity contribution in [2.24, 2.45) is 0 Å². The quantitative estimate of drug-likeness (QED) is 0.360. The number of furan rings is 1. The lowest BCUT2D eigenvalue weighted by Crippen LogP contribution is -2.58. The van der Waals surface area contributed by atoms with E-state index in [1.807, 2.05) is 54.6 Å². The number of aromatic nitrogens is 2. The van der Waals surface area contributed by atoms with Crippen LogP contribution in [0.25, 0.3) is 38.7 Å². The summed E-state index contributed by atoms with van der Waals surface area (Å²) in [4.78, 5) is 4.19. The van der Waals surface area contributed by atoms with Gasteiger partial charge in [0.25, 0.3) is 12.8 Å². The highest BCUT2D eigenvalue weighted by Gasteiger charge is 2.42. The maximum Gasteiger partial charge on any atom is 0.294 e. The molecule has 0 fully saturated rings.